The van der Waals surface area contributed by atoms with Crippen LogP contribution in [0.4, 0.5) is 0 Å². The predicted molar refractivity (Wildman–Crippen MR) is 94.0 cm³/mol. The van der Waals surface area contributed by atoms with Crippen LogP contribution in [0.1, 0.15) is 104 Å². The fourth-order valence-electron chi connectivity index (χ4n) is 2.55. The van der Waals surface area contributed by atoms with E-state index in [4.69, 9.17) is 0 Å². The molecule has 0 aliphatic rings. The molecule has 0 saturated carbocycles. The Morgan fingerprint density at radius 1 is 0.682 bits per heavy atom. The lowest BCUT2D eigenvalue weighted by Crippen LogP contribution is -2.24. The quantitative estimate of drug-likeness (QED) is 0.400. The molecule has 22 heavy (non-hydrogen) atoms. The van der Waals surface area contributed by atoms with E-state index in [1.54, 1.807) is 0 Å². The zero-order valence-corrected chi connectivity index (χ0v) is 14.9. The first kappa shape index (κ1) is 21.1. The maximum Gasteiger partial charge on any atom is 0.220 e. The number of amides is 1. The smallest absolute Gasteiger partial charge is 0.220 e. The molecular weight excluding hydrogens is 274 g/mol. The Labute approximate surface area is 137 Å². The van der Waals surface area contributed by atoms with E-state index in [0.29, 0.717) is 25.7 Å². The Morgan fingerprint density at radius 3 is 1.77 bits per heavy atom. The van der Waals surface area contributed by atoms with Gasteiger partial charge in [0.2, 0.25) is 5.91 Å². The number of hydrogen-bond donors (Lipinski definition) is 1. The molecule has 0 aromatic heterocycles. The lowest BCUT2D eigenvalue weighted by atomic mass is 10.1. The highest BCUT2D eigenvalue weighted by Crippen LogP contribution is 2.10. The highest BCUT2D eigenvalue weighted by atomic mass is 16.1. The van der Waals surface area contributed by atoms with Gasteiger partial charge in [-0.15, -0.1) is 0 Å². The highest BCUT2D eigenvalue weighted by Gasteiger charge is 2.03. The van der Waals surface area contributed by atoms with Gasteiger partial charge in [0.1, 0.15) is 5.78 Å². The van der Waals surface area contributed by atoms with Crippen LogP contribution >= 0.6 is 0 Å². The van der Waals surface area contributed by atoms with Crippen LogP contribution in [0.25, 0.3) is 0 Å². The second-order valence-electron chi connectivity index (χ2n) is 6.28. The van der Waals surface area contributed by atoms with Gasteiger partial charge in [0, 0.05) is 25.8 Å². The number of unbranched alkanes of at least 4 members (excludes halogenated alkanes) is 9. The van der Waals surface area contributed by atoms with Crippen molar-refractivity contribution < 1.29 is 9.59 Å². The van der Waals surface area contributed by atoms with Gasteiger partial charge in [0.15, 0.2) is 0 Å². The summed E-state index contributed by atoms with van der Waals surface area (Å²) in [7, 11) is 0. The number of rotatable bonds is 16. The maximum atomic E-state index is 11.6. The summed E-state index contributed by atoms with van der Waals surface area (Å²) in [5.41, 5.74) is 0. The van der Waals surface area contributed by atoms with E-state index in [-0.39, 0.29) is 11.7 Å². The summed E-state index contributed by atoms with van der Waals surface area (Å²) in [6.45, 7) is 4.91. The molecule has 0 heterocycles. The van der Waals surface area contributed by atoms with E-state index < -0.39 is 0 Å². The summed E-state index contributed by atoms with van der Waals surface area (Å²) >= 11 is 0. The monoisotopic (exact) mass is 311 g/mol. The van der Waals surface area contributed by atoms with Crippen molar-refractivity contribution in [3.05, 3.63) is 0 Å². The Kier molecular flexibility index (Phi) is 15.9. The topological polar surface area (TPSA) is 46.2 Å². The molecule has 1 N–H and O–H groups in total. The molecular formula is C19H37NO2. The number of carbonyl (C=O) groups excluding carboxylic acids is 2. The molecule has 0 rings (SSSR count). The van der Waals surface area contributed by atoms with Crippen molar-refractivity contribution in [2.45, 2.75) is 104 Å². The molecule has 0 bridgehead atoms. The molecule has 3 heteroatoms. The fourth-order valence-corrected chi connectivity index (χ4v) is 2.55. The lowest BCUT2D eigenvalue weighted by molar-refractivity contribution is -0.121. The van der Waals surface area contributed by atoms with Crippen LogP contribution in [-0.2, 0) is 9.59 Å². The Bertz CT molecular complexity index is 277. The number of hydrogen-bond acceptors (Lipinski definition) is 2. The number of Topliss-reactive ketones (excluding diaryl/α,β-unsaturated/α-hetero) is 1. The summed E-state index contributed by atoms with van der Waals surface area (Å²) in [5, 5.41) is 2.95. The molecule has 0 radical (unpaired) electrons. The highest BCUT2D eigenvalue weighted by molar-refractivity contribution is 5.79. The first-order chi connectivity index (χ1) is 10.7. The van der Waals surface area contributed by atoms with Crippen LogP contribution in [0.5, 0.6) is 0 Å². The molecule has 0 aromatic carbocycles. The van der Waals surface area contributed by atoms with Crippen LogP contribution in [0.2, 0.25) is 0 Å². The Morgan fingerprint density at radius 2 is 1.23 bits per heavy atom. The lowest BCUT2D eigenvalue weighted by Gasteiger charge is -2.05. The van der Waals surface area contributed by atoms with Crippen molar-refractivity contribution in [1.29, 1.82) is 0 Å². The van der Waals surface area contributed by atoms with Crippen molar-refractivity contribution >= 4 is 11.7 Å². The van der Waals surface area contributed by atoms with E-state index in [0.717, 1.165) is 13.0 Å². The van der Waals surface area contributed by atoms with Gasteiger partial charge in [-0.3, -0.25) is 9.59 Å². The third kappa shape index (κ3) is 15.5. The van der Waals surface area contributed by atoms with E-state index in [2.05, 4.69) is 12.2 Å². The minimum Gasteiger partial charge on any atom is -0.356 e. The molecule has 130 valence electrons. The van der Waals surface area contributed by atoms with Crippen LogP contribution in [0, 0.1) is 0 Å². The molecule has 0 aliphatic heterocycles. The number of carbonyl (C=O) groups is 2. The standard InChI is InChI=1S/C19H37NO2/c1-3-5-6-7-8-9-10-11-12-13-17-20-19(22)16-14-15-18(21)4-2/h3-17H2,1-2H3,(H,20,22). The molecule has 0 atom stereocenters. The van der Waals surface area contributed by atoms with Gasteiger partial charge in [-0.25, -0.2) is 0 Å². The van der Waals surface area contributed by atoms with Gasteiger partial charge in [0.25, 0.3) is 0 Å². The van der Waals surface area contributed by atoms with E-state index in [1.165, 1.54) is 57.8 Å². The molecule has 0 saturated heterocycles. The number of nitrogens with one attached hydrogen (secondary N) is 1. The zero-order chi connectivity index (χ0) is 16.5. The second kappa shape index (κ2) is 16.5. The predicted octanol–water partition coefficient (Wildman–Crippen LogP) is 5.17. The normalized spacial score (nSPS) is 10.6. The average molecular weight is 312 g/mol. The van der Waals surface area contributed by atoms with Crippen LogP contribution in [-0.4, -0.2) is 18.2 Å². The van der Waals surface area contributed by atoms with Gasteiger partial charge in [0.05, 0.1) is 0 Å². The molecule has 3 nitrogen and oxygen atoms in total. The van der Waals surface area contributed by atoms with Gasteiger partial charge in [-0.05, 0) is 12.8 Å². The summed E-state index contributed by atoms with van der Waals surface area (Å²) in [5.74, 6) is 0.349. The van der Waals surface area contributed by atoms with E-state index >= 15 is 0 Å². The van der Waals surface area contributed by atoms with Crippen molar-refractivity contribution in [3.63, 3.8) is 0 Å². The van der Waals surface area contributed by atoms with Gasteiger partial charge in [-0.2, -0.15) is 0 Å². The molecule has 1 amide bonds. The fraction of sp³-hybridized carbons (Fsp3) is 0.895. The van der Waals surface area contributed by atoms with E-state index in [9.17, 15) is 9.59 Å². The Hall–Kier alpha value is -0.860. The van der Waals surface area contributed by atoms with Crippen molar-refractivity contribution in [3.8, 4) is 0 Å². The Balaban J connectivity index is 3.18. The minimum absolute atomic E-state index is 0.0971. The molecule has 0 aliphatic carbocycles. The van der Waals surface area contributed by atoms with E-state index in [1.807, 2.05) is 6.92 Å². The minimum atomic E-state index is 0.0971. The maximum absolute atomic E-state index is 11.6. The first-order valence-electron chi connectivity index (χ1n) is 9.49. The SMILES string of the molecule is CCCCCCCCCCCCNC(=O)CCCC(=O)CC. The molecule has 0 fully saturated rings. The second-order valence-corrected chi connectivity index (χ2v) is 6.28. The summed E-state index contributed by atoms with van der Waals surface area (Å²) < 4.78 is 0. The average Bonchev–Trinajstić information content (AvgIpc) is 2.52. The van der Waals surface area contributed by atoms with Crippen LogP contribution in [0.3, 0.4) is 0 Å². The zero-order valence-electron chi connectivity index (χ0n) is 14.9. The van der Waals surface area contributed by atoms with Crippen molar-refractivity contribution in [2.75, 3.05) is 6.54 Å². The van der Waals surface area contributed by atoms with Gasteiger partial charge >= 0.3 is 0 Å². The summed E-state index contributed by atoms with van der Waals surface area (Å²) in [4.78, 5) is 22.7. The van der Waals surface area contributed by atoms with Crippen LogP contribution < -0.4 is 5.32 Å². The molecule has 0 unspecified atom stereocenters. The summed E-state index contributed by atoms with van der Waals surface area (Å²) in [6.07, 6.45) is 15.5. The van der Waals surface area contributed by atoms with Crippen LogP contribution in [0.15, 0.2) is 0 Å². The van der Waals surface area contributed by atoms with Gasteiger partial charge in [-0.1, -0.05) is 71.6 Å². The third-order valence-corrected chi connectivity index (χ3v) is 4.11. The third-order valence-electron chi connectivity index (χ3n) is 4.11. The van der Waals surface area contributed by atoms with Crippen molar-refractivity contribution in [1.82, 2.24) is 5.32 Å². The molecule has 0 aromatic rings. The first-order valence-corrected chi connectivity index (χ1v) is 9.49. The largest absolute Gasteiger partial charge is 0.356 e. The number of ketones is 1. The van der Waals surface area contributed by atoms with Crippen molar-refractivity contribution in [2.24, 2.45) is 0 Å². The summed E-state index contributed by atoms with van der Waals surface area (Å²) in [6, 6.07) is 0. The molecule has 0 spiro atoms. The van der Waals surface area contributed by atoms with Gasteiger partial charge < -0.3 is 5.32 Å².